The van der Waals surface area contributed by atoms with Crippen LogP contribution < -0.4 is 10.3 Å². The van der Waals surface area contributed by atoms with Crippen LogP contribution in [0.1, 0.15) is 29.7 Å². The van der Waals surface area contributed by atoms with Crippen LogP contribution >= 0.6 is 0 Å². The summed E-state index contributed by atoms with van der Waals surface area (Å²) in [5.74, 6) is 0.608. The molecule has 4 rings (SSSR count). The number of anilines is 1. The zero-order chi connectivity index (χ0) is 23.0. The van der Waals surface area contributed by atoms with Crippen LogP contribution in [-0.2, 0) is 19.3 Å². The van der Waals surface area contributed by atoms with E-state index < -0.39 is 17.3 Å². The second kappa shape index (κ2) is 8.54. The highest BCUT2D eigenvalue weighted by atomic mass is 19.4. The number of hydrogen-bond acceptors (Lipinski definition) is 5. The Balaban J connectivity index is 1.67. The smallest absolute Gasteiger partial charge is 0.347 e. The van der Waals surface area contributed by atoms with Gasteiger partial charge in [0, 0.05) is 62.6 Å². The minimum absolute atomic E-state index is 0.0865. The van der Waals surface area contributed by atoms with Crippen molar-refractivity contribution in [2.45, 2.75) is 45.1 Å². The van der Waals surface area contributed by atoms with Gasteiger partial charge in [0.25, 0.3) is 0 Å². The molecule has 0 spiro atoms. The summed E-state index contributed by atoms with van der Waals surface area (Å²) in [7, 11) is 3.72. The van der Waals surface area contributed by atoms with Crippen molar-refractivity contribution in [1.29, 1.82) is 0 Å². The molecule has 3 aromatic rings. The first-order valence-electron chi connectivity index (χ1n) is 10.6. The quantitative estimate of drug-likeness (QED) is 0.597. The standard InChI is InChI=1S/C23H26F3N5O/c1-15-6-7-19-18(9-15)20(32)10-21(23(24,25)26)31(19)14-17-5-4-8-30(17)13-16-11-27-22(28-12-16)29(2)3/h6-7,9-12,17H,4-5,8,13-14H2,1-3H3. The average molecular weight is 445 g/mol. The van der Waals surface area contributed by atoms with Crippen molar-refractivity contribution in [1.82, 2.24) is 19.4 Å². The van der Waals surface area contributed by atoms with Crippen molar-refractivity contribution in [3.8, 4) is 0 Å². The van der Waals surface area contributed by atoms with Crippen molar-refractivity contribution in [3.05, 3.63) is 63.7 Å². The van der Waals surface area contributed by atoms with E-state index in [2.05, 4.69) is 14.9 Å². The SMILES string of the molecule is Cc1ccc2c(c1)c(=O)cc(C(F)(F)F)n2CC1CCCN1Cc1cnc(N(C)C)nc1. The Labute approximate surface area is 184 Å². The second-order valence-electron chi connectivity index (χ2n) is 8.58. The maximum atomic E-state index is 13.9. The van der Waals surface area contributed by atoms with E-state index in [1.54, 1.807) is 30.6 Å². The van der Waals surface area contributed by atoms with Crippen LogP contribution in [0.5, 0.6) is 0 Å². The van der Waals surface area contributed by atoms with Gasteiger partial charge < -0.3 is 9.47 Å². The zero-order valence-corrected chi connectivity index (χ0v) is 18.4. The molecule has 32 heavy (non-hydrogen) atoms. The van der Waals surface area contributed by atoms with E-state index in [1.165, 1.54) is 4.57 Å². The Bertz CT molecular complexity index is 1170. The third-order valence-corrected chi connectivity index (χ3v) is 5.93. The summed E-state index contributed by atoms with van der Waals surface area (Å²) in [5.41, 5.74) is 0.572. The number of aryl methyl sites for hydroxylation is 1. The zero-order valence-electron chi connectivity index (χ0n) is 18.4. The maximum Gasteiger partial charge on any atom is 0.431 e. The first kappa shape index (κ1) is 22.3. The number of likely N-dealkylation sites (tertiary alicyclic amines) is 1. The van der Waals surface area contributed by atoms with Gasteiger partial charge in [-0.1, -0.05) is 11.6 Å². The fourth-order valence-corrected chi connectivity index (χ4v) is 4.34. The lowest BCUT2D eigenvalue weighted by Crippen LogP contribution is -2.35. The highest BCUT2D eigenvalue weighted by molar-refractivity contribution is 5.80. The number of hydrogen-bond donors (Lipinski definition) is 0. The molecule has 1 saturated heterocycles. The van der Waals surface area contributed by atoms with Gasteiger partial charge in [-0.3, -0.25) is 9.69 Å². The average Bonchev–Trinajstić information content (AvgIpc) is 3.16. The molecule has 1 atom stereocenters. The fourth-order valence-electron chi connectivity index (χ4n) is 4.34. The topological polar surface area (TPSA) is 54.3 Å². The number of benzene rings is 1. The summed E-state index contributed by atoms with van der Waals surface area (Å²) in [6, 6.07) is 5.67. The van der Waals surface area contributed by atoms with Gasteiger partial charge in [-0.2, -0.15) is 13.2 Å². The van der Waals surface area contributed by atoms with E-state index in [1.807, 2.05) is 25.9 Å². The van der Waals surface area contributed by atoms with Crippen LogP contribution in [0.15, 0.2) is 41.5 Å². The molecule has 1 unspecified atom stereocenters. The molecular formula is C23H26F3N5O. The number of nitrogens with zero attached hydrogens (tertiary/aromatic N) is 5. The van der Waals surface area contributed by atoms with Crippen LogP contribution in [0.3, 0.4) is 0 Å². The molecule has 0 amide bonds. The molecule has 1 aliphatic rings. The number of fused-ring (bicyclic) bond motifs is 1. The van der Waals surface area contributed by atoms with Gasteiger partial charge >= 0.3 is 6.18 Å². The summed E-state index contributed by atoms with van der Waals surface area (Å²) >= 11 is 0. The summed E-state index contributed by atoms with van der Waals surface area (Å²) in [6.07, 6.45) is 0.595. The number of pyridine rings is 1. The number of halogens is 3. The number of aromatic nitrogens is 3. The summed E-state index contributed by atoms with van der Waals surface area (Å²) in [5, 5.41) is 0.315. The highest BCUT2D eigenvalue weighted by Gasteiger charge is 2.36. The molecular weight excluding hydrogens is 419 g/mol. The molecule has 170 valence electrons. The molecule has 9 heteroatoms. The van der Waals surface area contributed by atoms with E-state index in [9.17, 15) is 18.0 Å². The normalized spacial score (nSPS) is 17.2. The van der Waals surface area contributed by atoms with Crippen LogP contribution in [0.25, 0.3) is 10.9 Å². The van der Waals surface area contributed by atoms with Crippen molar-refractivity contribution < 1.29 is 13.2 Å². The summed E-state index contributed by atoms with van der Waals surface area (Å²) < 4.78 is 42.9. The van der Waals surface area contributed by atoms with E-state index in [0.29, 0.717) is 23.4 Å². The molecule has 0 N–H and O–H groups in total. The largest absolute Gasteiger partial charge is 0.431 e. The molecule has 1 aliphatic heterocycles. The van der Waals surface area contributed by atoms with E-state index in [0.717, 1.165) is 36.6 Å². The predicted molar refractivity (Wildman–Crippen MR) is 118 cm³/mol. The Morgan fingerprint density at radius 1 is 1.16 bits per heavy atom. The van der Waals surface area contributed by atoms with E-state index in [-0.39, 0.29) is 12.6 Å². The third kappa shape index (κ3) is 4.48. The van der Waals surface area contributed by atoms with Gasteiger partial charge in [0.2, 0.25) is 5.95 Å². The first-order valence-corrected chi connectivity index (χ1v) is 10.6. The molecule has 6 nitrogen and oxygen atoms in total. The molecule has 1 fully saturated rings. The monoisotopic (exact) mass is 445 g/mol. The molecule has 3 heterocycles. The lowest BCUT2D eigenvalue weighted by atomic mass is 10.1. The van der Waals surface area contributed by atoms with Crippen molar-refractivity contribution in [3.63, 3.8) is 0 Å². The van der Waals surface area contributed by atoms with Gasteiger partial charge in [-0.25, -0.2) is 9.97 Å². The molecule has 2 aromatic heterocycles. The van der Waals surface area contributed by atoms with Gasteiger partial charge in [0.1, 0.15) is 5.69 Å². The lowest BCUT2D eigenvalue weighted by Gasteiger charge is -2.28. The molecule has 0 bridgehead atoms. The Hall–Kier alpha value is -2.94. The minimum Gasteiger partial charge on any atom is -0.347 e. The molecule has 0 aliphatic carbocycles. The number of rotatable bonds is 5. The third-order valence-electron chi connectivity index (χ3n) is 5.93. The van der Waals surface area contributed by atoms with Crippen LogP contribution in [-0.4, -0.2) is 46.1 Å². The van der Waals surface area contributed by atoms with Crippen LogP contribution in [0, 0.1) is 6.92 Å². The highest BCUT2D eigenvalue weighted by Crippen LogP contribution is 2.32. The molecule has 0 radical (unpaired) electrons. The van der Waals surface area contributed by atoms with Crippen LogP contribution in [0.2, 0.25) is 0 Å². The Morgan fingerprint density at radius 3 is 2.53 bits per heavy atom. The van der Waals surface area contributed by atoms with Gasteiger partial charge in [-0.05, 0) is 38.4 Å². The maximum absolute atomic E-state index is 13.9. The lowest BCUT2D eigenvalue weighted by molar-refractivity contribution is -0.144. The fraction of sp³-hybridized carbons (Fsp3) is 0.435. The first-order chi connectivity index (χ1) is 15.1. The van der Waals surface area contributed by atoms with Crippen molar-refractivity contribution in [2.24, 2.45) is 0 Å². The van der Waals surface area contributed by atoms with Gasteiger partial charge in [0.15, 0.2) is 5.43 Å². The Kier molecular flexibility index (Phi) is 5.94. The summed E-state index contributed by atoms with van der Waals surface area (Å²) in [6.45, 7) is 3.34. The van der Waals surface area contributed by atoms with Crippen LogP contribution in [0.4, 0.5) is 19.1 Å². The Morgan fingerprint density at radius 2 is 1.88 bits per heavy atom. The van der Waals surface area contributed by atoms with Crippen molar-refractivity contribution >= 4 is 16.9 Å². The second-order valence-corrected chi connectivity index (χ2v) is 8.58. The van der Waals surface area contributed by atoms with Gasteiger partial charge in [-0.15, -0.1) is 0 Å². The molecule has 1 aromatic carbocycles. The van der Waals surface area contributed by atoms with Gasteiger partial charge in [0.05, 0.1) is 5.52 Å². The van der Waals surface area contributed by atoms with E-state index >= 15 is 0 Å². The van der Waals surface area contributed by atoms with Crippen molar-refractivity contribution in [2.75, 3.05) is 25.5 Å². The minimum atomic E-state index is -4.61. The molecule has 0 saturated carbocycles. The predicted octanol–water partition coefficient (Wildman–Crippen LogP) is 3.85. The van der Waals surface area contributed by atoms with E-state index in [4.69, 9.17) is 0 Å². The summed E-state index contributed by atoms with van der Waals surface area (Å²) in [4.78, 5) is 25.1. The number of alkyl halides is 3.